The number of halogens is 1. The lowest BCUT2D eigenvalue weighted by atomic mass is 10.2. The van der Waals surface area contributed by atoms with Gasteiger partial charge in [-0.1, -0.05) is 17.7 Å². The molecule has 3 heteroatoms. The Bertz CT molecular complexity index is 411. The van der Waals surface area contributed by atoms with Gasteiger partial charge in [-0.25, -0.2) is 4.98 Å². The molecule has 0 radical (unpaired) electrons. The zero-order valence-corrected chi connectivity index (χ0v) is 8.49. The molecule has 0 amide bonds. The van der Waals surface area contributed by atoms with Crippen LogP contribution in [-0.2, 0) is 0 Å². The van der Waals surface area contributed by atoms with E-state index in [4.69, 9.17) is 11.6 Å². The van der Waals surface area contributed by atoms with E-state index in [1.165, 1.54) is 0 Å². The standard InChI is InChI=1S/C11H9ClN2/c1-8-3-2-4-10(14-8)9-5-6-13-11(12)7-9/h2-7H,1H3. The number of hydrogen-bond donors (Lipinski definition) is 0. The predicted octanol–water partition coefficient (Wildman–Crippen LogP) is 3.11. The topological polar surface area (TPSA) is 25.8 Å². The van der Waals surface area contributed by atoms with Gasteiger partial charge in [0.2, 0.25) is 0 Å². The Morgan fingerprint density at radius 2 is 2.07 bits per heavy atom. The van der Waals surface area contributed by atoms with Gasteiger partial charge in [-0.05, 0) is 31.2 Å². The van der Waals surface area contributed by atoms with E-state index in [-0.39, 0.29) is 0 Å². The molecule has 14 heavy (non-hydrogen) atoms. The molecular formula is C11H9ClN2. The molecule has 0 aliphatic rings. The van der Waals surface area contributed by atoms with Crippen molar-refractivity contribution in [2.45, 2.75) is 6.92 Å². The number of hydrogen-bond acceptors (Lipinski definition) is 2. The Labute approximate surface area is 87.6 Å². The van der Waals surface area contributed by atoms with Gasteiger partial charge in [0.25, 0.3) is 0 Å². The van der Waals surface area contributed by atoms with Crippen molar-refractivity contribution < 1.29 is 0 Å². The van der Waals surface area contributed by atoms with E-state index >= 15 is 0 Å². The molecule has 0 saturated carbocycles. The summed E-state index contributed by atoms with van der Waals surface area (Å²) in [6.07, 6.45) is 1.68. The van der Waals surface area contributed by atoms with Gasteiger partial charge in [0.15, 0.2) is 0 Å². The SMILES string of the molecule is Cc1cccc(-c2ccnc(Cl)c2)n1. The maximum absolute atomic E-state index is 5.80. The van der Waals surface area contributed by atoms with Gasteiger partial charge in [0, 0.05) is 17.5 Å². The minimum Gasteiger partial charge on any atom is -0.253 e. The molecule has 0 atom stereocenters. The van der Waals surface area contributed by atoms with Gasteiger partial charge in [0.1, 0.15) is 5.15 Å². The van der Waals surface area contributed by atoms with E-state index in [0.29, 0.717) is 5.15 Å². The van der Waals surface area contributed by atoms with Gasteiger partial charge in [-0.2, -0.15) is 0 Å². The average molecular weight is 205 g/mol. The Hall–Kier alpha value is -1.41. The molecule has 0 aliphatic heterocycles. The minimum absolute atomic E-state index is 0.491. The van der Waals surface area contributed by atoms with Crippen molar-refractivity contribution in [1.29, 1.82) is 0 Å². The Balaban J connectivity index is 2.49. The Kier molecular flexibility index (Phi) is 2.46. The molecule has 2 rings (SSSR count). The van der Waals surface area contributed by atoms with Crippen LogP contribution in [0.5, 0.6) is 0 Å². The van der Waals surface area contributed by atoms with Gasteiger partial charge >= 0.3 is 0 Å². The maximum Gasteiger partial charge on any atom is 0.129 e. The predicted molar refractivity (Wildman–Crippen MR) is 57.2 cm³/mol. The van der Waals surface area contributed by atoms with E-state index in [2.05, 4.69) is 9.97 Å². The molecule has 2 heterocycles. The monoisotopic (exact) mass is 204 g/mol. The molecule has 0 N–H and O–H groups in total. The van der Waals surface area contributed by atoms with Crippen molar-refractivity contribution in [3.8, 4) is 11.3 Å². The summed E-state index contributed by atoms with van der Waals surface area (Å²) in [5, 5.41) is 0.491. The van der Waals surface area contributed by atoms with Gasteiger partial charge in [-0.3, -0.25) is 4.98 Å². The molecule has 0 aliphatic carbocycles. The molecule has 0 fully saturated rings. The van der Waals surface area contributed by atoms with Crippen LogP contribution in [0.4, 0.5) is 0 Å². The van der Waals surface area contributed by atoms with E-state index in [1.807, 2.05) is 37.3 Å². The summed E-state index contributed by atoms with van der Waals surface area (Å²) in [6.45, 7) is 1.96. The summed E-state index contributed by atoms with van der Waals surface area (Å²) in [4.78, 5) is 8.32. The highest BCUT2D eigenvalue weighted by Gasteiger charge is 1.99. The van der Waals surface area contributed by atoms with Crippen LogP contribution in [0.15, 0.2) is 36.5 Å². The first-order chi connectivity index (χ1) is 6.75. The quantitative estimate of drug-likeness (QED) is 0.667. The lowest BCUT2D eigenvalue weighted by Gasteiger charge is -2.01. The minimum atomic E-state index is 0.491. The maximum atomic E-state index is 5.80. The van der Waals surface area contributed by atoms with Crippen LogP contribution in [0, 0.1) is 6.92 Å². The van der Waals surface area contributed by atoms with Crippen molar-refractivity contribution >= 4 is 11.6 Å². The lowest BCUT2D eigenvalue weighted by molar-refractivity contribution is 1.20. The second-order valence-electron chi connectivity index (χ2n) is 3.03. The van der Waals surface area contributed by atoms with E-state index in [9.17, 15) is 0 Å². The summed E-state index contributed by atoms with van der Waals surface area (Å²) in [6, 6.07) is 9.61. The van der Waals surface area contributed by atoms with Crippen LogP contribution in [0.25, 0.3) is 11.3 Å². The van der Waals surface area contributed by atoms with E-state index < -0.39 is 0 Å². The summed E-state index contributed by atoms with van der Waals surface area (Å²) < 4.78 is 0. The first kappa shape index (κ1) is 9.16. The molecule has 2 aromatic rings. The third-order valence-electron chi connectivity index (χ3n) is 1.91. The first-order valence-corrected chi connectivity index (χ1v) is 4.69. The number of aryl methyl sites for hydroxylation is 1. The summed E-state index contributed by atoms with van der Waals surface area (Å²) in [5.41, 5.74) is 2.92. The van der Waals surface area contributed by atoms with Crippen LogP contribution in [0.3, 0.4) is 0 Å². The largest absolute Gasteiger partial charge is 0.253 e. The zero-order valence-electron chi connectivity index (χ0n) is 7.74. The fourth-order valence-electron chi connectivity index (χ4n) is 1.27. The normalized spacial score (nSPS) is 10.1. The third-order valence-corrected chi connectivity index (χ3v) is 2.12. The van der Waals surface area contributed by atoms with Crippen LogP contribution in [-0.4, -0.2) is 9.97 Å². The highest BCUT2D eigenvalue weighted by atomic mass is 35.5. The van der Waals surface area contributed by atoms with Crippen molar-refractivity contribution in [3.05, 3.63) is 47.4 Å². The number of pyridine rings is 2. The van der Waals surface area contributed by atoms with Crippen molar-refractivity contribution in [2.75, 3.05) is 0 Å². The van der Waals surface area contributed by atoms with Gasteiger partial charge in [-0.15, -0.1) is 0 Å². The van der Waals surface area contributed by atoms with Gasteiger partial charge in [0.05, 0.1) is 5.69 Å². The molecule has 0 saturated heterocycles. The average Bonchev–Trinajstić information content (AvgIpc) is 2.18. The smallest absolute Gasteiger partial charge is 0.129 e. The highest BCUT2D eigenvalue weighted by molar-refractivity contribution is 6.29. The van der Waals surface area contributed by atoms with Crippen molar-refractivity contribution in [1.82, 2.24) is 9.97 Å². The summed E-state index contributed by atoms with van der Waals surface area (Å²) in [7, 11) is 0. The van der Waals surface area contributed by atoms with Crippen LogP contribution < -0.4 is 0 Å². The van der Waals surface area contributed by atoms with Gasteiger partial charge < -0.3 is 0 Å². The fourth-order valence-corrected chi connectivity index (χ4v) is 1.44. The molecule has 0 unspecified atom stereocenters. The summed E-state index contributed by atoms with van der Waals surface area (Å²) >= 11 is 5.80. The van der Waals surface area contributed by atoms with Crippen molar-refractivity contribution in [3.63, 3.8) is 0 Å². The molecule has 0 spiro atoms. The lowest BCUT2D eigenvalue weighted by Crippen LogP contribution is -1.86. The summed E-state index contributed by atoms with van der Waals surface area (Å²) in [5.74, 6) is 0. The second kappa shape index (κ2) is 3.76. The van der Waals surface area contributed by atoms with Crippen LogP contribution in [0.2, 0.25) is 5.15 Å². The highest BCUT2D eigenvalue weighted by Crippen LogP contribution is 2.18. The molecular weight excluding hydrogens is 196 g/mol. The number of nitrogens with zero attached hydrogens (tertiary/aromatic N) is 2. The molecule has 0 aromatic carbocycles. The Morgan fingerprint density at radius 1 is 1.21 bits per heavy atom. The molecule has 70 valence electrons. The zero-order chi connectivity index (χ0) is 9.97. The first-order valence-electron chi connectivity index (χ1n) is 4.31. The molecule has 0 bridgehead atoms. The fraction of sp³-hybridized carbons (Fsp3) is 0.0909. The Morgan fingerprint density at radius 3 is 2.79 bits per heavy atom. The van der Waals surface area contributed by atoms with E-state index in [1.54, 1.807) is 6.20 Å². The number of aromatic nitrogens is 2. The second-order valence-corrected chi connectivity index (χ2v) is 3.42. The third kappa shape index (κ3) is 1.91. The van der Waals surface area contributed by atoms with Crippen molar-refractivity contribution in [2.24, 2.45) is 0 Å². The number of rotatable bonds is 1. The molecule has 2 aromatic heterocycles. The molecule has 2 nitrogen and oxygen atoms in total. The van der Waals surface area contributed by atoms with Crippen LogP contribution >= 0.6 is 11.6 Å². The van der Waals surface area contributed by atoms with E-state index in [0.717, 1.165) is 17.0 Å². The van der Waals surface area contributed by atoms with Crippen LogP contribution in [0.1, 0.15) is 5.69 Å².